The van der Waals surface area contributed by atoms with Crippen LogP contribution in [0.3, 0.4) is 0 Å². The number of nitrogens with one attached hydrogen (secondary N) is 1. The number of pyridine rings is 1. The maximum absolute atomic E-state index is 11.4. The number of hydrogen-bond acceptors (Lipinski definition) is 6. The monoisotopic (exact) mass is 281 g/mol. The van der Waals surface area contributed by atoms with Crippen LogP contribution in [0.5, 0.6) is 0 Å². The highest BCUT2D eigenvalue weighted by Gasteiger charge is 2.36. The van der Waals surface area contributed by atoms with E-state index in [1.807, 2.05) is 11.8 Å². The van der Waals surface area contributed by atoms with Crippen molar-refractivity contribution in [2.24, 2.45) is 0 Å². The van der Waals surface area contributed by atoms with Crippen LogP contribution in [-0.2, 0) is 4.74 Å². The van der Waals surface area contributed by atoms with Crippen LogP contribution in [0.2, 0.25) is 0 Å². The molecule has 0 bridgehead atoms. The zero-order chi connectivity index (χ0) is 13.9. The van der Waals surface area contributed by atoms with E-state index in [1.165, 1.54) is 26.4 Å². The SMILES string of the molecule is COC(=O)c1ccc(N)c(NCC2(SC)CCC2)n1. The molecule has 0 unspecified atom stereocenters. The Kier molecular flexibility index (Phi) is 4.19. The number of methoxy groups -OCH3 is 1. The highest BCUT2D eigenvalue weighted by Crippen LogP contribution is 2.42. The summed E-state index contributed by atoms with van der Waals surface area (Å²) in [4.78, 5) is 15.7. The summed E-state index contributed by atoms with van der Waals surface area (Å²) in [6.45, 7) is 0.815. The molecule has 0 radical (unpaired) electrons. The number of esters is 1. The molecule has 0 aromatic carbocycles. The molecule has 19 heavy (non-hydrogen) atoms. The minimum atomic E-state index is -0.453. The fraction of sp³-hybridized carbons (Fsp3) is 0.538. The molecular formula is C13H19N3O2S. The van der Waals surface area contributed by atoms with E-state index in [0.29, 0.717) is 11.5 Å². The van der Waals surface area contributed by atoms with Gasteiger partial charge in [0.05, 0.1) is 12.8 Å². The Bertz CT molecular complexity index is 469. The number of thioether (sulfide) groups is 1. The molecule has 3 N–H and O–H groups in total. The summed E-state index contributed by atoms with van der Waals surface area (Å²) < 4.78 is 4.94. The number of anilines is 2. The number of rotatable bonds is 5. The van der Waals surface area contributed by atoms with Gasteiger partial charge in [0.2, 0.25) is 0 Å². The number of nitrogens with two attached hydrogens (primary N) is 1. The lowest BCUT2D eigenvalue weighted by molar-refractivity contribution is 0.0594. The van der Waals surface area contributed by atoms with Crippen LogP contribution in [0.15, 0.2) is 12.1 Å². The summed E-state index contributed by atoms with van der Waals surface area (Å²) in [5.41, 5.74) is 6.69. The molecule has 104 valence electrons. The standard InChI is InChI=1S/C13H19N3O2S/c1-18-12(17)10-5-4-9(14)11(16-10)15-8-13(19-2)6-3-7-13/h4-5H,3,6-8,14H2,1-2H3,(H,15,16). The van der Waals surface area contributed by atoms with Crippen molar-refractivity contribution in [1.82, 2.24) is 4.98 Å². The molecule has 6 heteroatoms. The second-order valence-electron chi connectivity index (χ2n) is 4.72. The van der Waals surface area contributed by atoms with Crippen molar-refractivity contribution < 1.29 is 9.53 Å². The van der Waals surface area contributed by atoms with Crippen molar-refractivity contribution in [3.05, 3.63) is 17.8 Å². The third kappa shape index (κ3) is 2.94. The van der Waals surface area contributed by atoms with Crippen LogP contribution in [0.25, 0.3) is 0 Å². The number of carbonyl (C=O) groups excluding carboxylic acids is 1. The number of nitrogens with zero attached hydrogens (tertiary/aromatic N) is 1. The van der Waals surface area contributed by atoms with Gasteiger partial charge in [-0.25, -0.2) is 9.78 Å². The summed E-state index contributed by atoms with van der Waals surface area (Å²) in [6.07, 6.45) is 5.81. The van der Waals surface area contributed by atoms with Crippen LogP contribution in [-0.4, -0.2) is 35.6 Å². The van der Waals surface area contributed by atoms with Crippen molar-refractivity contribution in [3.8, 4) is 0 Å². The first-order chi connectivity index (χ1) is 9.10. The van der Waals surface area contributed by atoms with Gasteiger partial charge in [-0.1, -0.05) is 6.42 Å². The highest BCUT2D eigenvalue weighted by molar-refractivity contribution is 8.00. The van der Waals surface area contributed by atoms with Gasteiger partial charge in [0.15, 0.2) is 5.69 Å². The van der Waals surface area contributed by atoms with E-state index >= 15 is 0 Å². The van der Waals surface area contributed by atoms with Crippen molar-refractivity contribution in [1.29, 1.82) is 0 Å². The van der Waals surface area contributed by atoms with Gasteiger partial charge >= 0.3 is 5.97 Å². The molecule has 1 aliphatic carbocycles. The molecule has 1 aliphatic rings. The van der Waals surface area contributed by atoms with Crippen molar-refractivity contribution in [2.75, 3.05) is 31.0 Å². The first-order valence-electron chi connectivity index (χ1n) is 6.24. The van der Waals surface area contributed by atoms with Gasteiger partial charge in [0, 0.05) is 11.3 Å². The number of aromatic nitrogens is 1. The normalized spacial score (nSPS) is 16.5. The van der Waals surface area contributed by atoms with Crippen LogP contribution >= 0.6 is 11.8 Å². The average molecular weight is 281 g/mol. The number of hydrogen-bond donors (Lipinski definition) is 2. The Labute approximate surface area is 117 Å². The number of nitrogen functional groups attached to an aromatic ring is 1. The lowest BCUT2D eigenvalue weighted by atomic mass is 9.84. The van der Waals surface area contributed by atoms with Gasteiger partial charge in [-0.15, -0.1) is 0 Å². The van der Waals surface area contributed by atoms with E-state index in [9.17, 15) is 4.79 Å². The summed E-state index contributed by atoms with van der Waals surface area (Å²) >= 11 is 1.88. The molecule has 0 aliphatic heterocycles. The van der Waals surface area contributed by atoms with Gasteiger partial charge < -0.3 is 15.8 Å². The lowest BCUT2D eigenvalue weighted by Crippen LogP contribution is -2.40. The molecule has 0 spiro atoms. The van der Waals surface area contributed by atoms with Crippen LogP contribution in [0.1, 0.15) is 29.8 Å². The molecule has 0 atom stereocenters. The quantitative estimate of drug-likeness (QED) is 0.805. The minimum absolute atomic E-state index is 0.269. The zero-order valence-corrected chi connectivity index (χ0v) is 12.0. The van der Waals surface area contributed by atoms with Crippen LogP contribution in [0.4, 0.5) is 11.5 Å². The van der Waals surface area contributed by atoms with Gasteiger partial charge in [0.25, 0.3) is 0 Å². The van der Waals surface area contributed by atoms with Gasteiger partial charge in [-0.05, 0) is 31.2 Å². The molecule has 0 saturated heterocycles. The van der Waals surface area contributed by atoms with E-state index in [4.69, 9.17) is 5.73 Å². The Balaban J connectivity index is 2.08. The summed E-state index contributed by atoms with van der Waals surface area (Å²) in [6, 6.07) is 3.24. The molecule has 1 fully saturated rings. The Morgan fingerprint density at radius 3 is 2.84 bits per heavy atom. The van der Waals surface area contributed by atoms with Gasteiger partial charge in [-0.3, -0.25) is 0 Å². The molecule has 1 aromatic rings. The van der Waals surface area contributed by atoms with E-state index in [2.05, 4.69) is 21.3 Å². The molecule has 5 nitrogen and oxygen atoms in total. The van der Waals surface area contributed by atoms with E-state index < -0.39 is 5.97 Å². The summed E-state index contributed by atoms with van der Waals surface area (Å²) in [5.74, 6) is 0.106. The number of ether oxygens (including phenoxy) is 1. The second kappa shape index (κ2) is 5.69. The Morgan fingerprint density at radius 2 is 2.32 bits per heavy atom. The Morgan fingerprint density at radius 1 is 1.58 bits per heavy atom. The van der Waals surface area contributed by atoms with E-state index in [-0.39, 0.29) is 10.4 Å². The predicted octanol–water partition coefficient (Wildman–Crippen LogP) is 2.15. The van der Waals surface area contributed by atoms with E-state index in [0.717, 1.165) is 6.54 Å². The van der Waals surface area contributed by atoms with Crippen molar-refractivity contribution >= 4 is 29.2 Å². The lowest BCUT2D eigenvalue weighted by Gasteiger charge is -2.40. The summed E-state index contributed by atoms with van der Waals surface area (Å²) in [7, 11) is 1.34. The van der Waals surface area contributed by atoms with Crippen molar-refractivity contribution in [3.63, 3.8) is 0 Å². The van der Waals surface area contributed by atoms with Gasteiger partial charge in [-0.2, -0.15) is 11.8 Å². The van der Waals surface area contributed by atoms with Gasteiger partial charge in [0.1, 0.15) is 5.82 Å². The number of carbonyl (C=O) groups is 1. The zero-order valence-electron chi connectivity index (χ0n) is 11.2. The molecule has 1 aromatic heterocycles. The molecule has 0 amide bonds. The highest BCUT2D eigenvalue weighted by atomic mass is 32.2. The van der Waals surface area contributed by atoms with Crippen LogP contribution in [0, 0.1) is 0 Å². The Hall–Kier alpha value is -1.43. The van der Waals surface area contributed by atoms with Crippen molar-refractivity contribution in [2.45, 2.75) is 24.0 Å². The maximum Gasteiger partial charge on any atom is 0.356 e. The second-order valence-corrected chi connectivity index (χ2v) is 5.99. The molecular weight excluding hydrogens is 262 g/mol. The first kappa shape index (κ1) is 14.0. The molecule has 1 saturated carbocycles. The van der Waals surface area contributed by atoms with Crippen LogP contribution < -0.4 is 11.1 Å². The third-order valence-corrected chi connectivity index (χ3v) is 5.02. The topological polar surface area (TPSA) is 77.2 Å². The molecule has 1 heterocycles. The minimum Gasteiger partial charge on any atom is -0.464 e. The first-order valence-corrected chi connectivity index (χ1v) is 7.46. The predicted molar refractivity (Wildman–Crippen MR) is 78.6 cm³/mol. The fourth-order valence-electron chi connectivity index (χ4n) is 2.10. The summed E-state index contributed by atoms with van der Waals surface area (Å²) in [5, 5.41) is 3.26. The van der Waals surface area contributed by atoms with E-state index in [1.54, 1.807) is 12.1 Å². The average Bonchev–Trinajstić information content (AvgIpc) is 2.39. The fourth-order valence-corrected chi connectivity index (χ4v) is 3.01. The largest absolute Gasteiger partial charge is 0.464 e. The molecule has 2 rings (SSSR count). The maximum atomic E-state index is 11.4. The smallest absolute Gasteiger partial charge is 0.356 e. The third-order valence-electron chi connectivity index (χ3n) is 3.60.